The van der Waals surface area contributed by atoms with Gasteiger partial charge in [-0.1, -0.05) is 24.6 Å². The van der Waals surface area contributed by atoms with Crippen molar-refractivity contribution in [3.05, 3.63) is 23.3 Å². The number of hydrogen-bond acceptors (Lipinski definition) is 1. The first-order valence-electron chi connectivity index (χ1n) is 4.04. The first-order valence-corrected chi connectivity index (χ1v) is 4.04. The van der Waals surface area contributed by atoms with Crippen LogP contribution in [0.4, 0.5) is 0 Å². The summed E-state index contributed by atoms with van der Waals surface area (Å²) in [4.78, 5) is 10.2. The molecule has 1 heteroatoms. The van der Waals surface area contributed by atoms with Crippen LogP contribution in [0.1, 0.15) is 26.7 Å². The highest BCUT2D eigenvalue weighted by Crippen LogP contribution is 2.22. The van der Waals surface area contributed by atoms with Gasteiger partial charge in [0.1, 0.15) is 6.29 Å². The van der Waals surface area contributed by atoms with Crippen molar-refractivity contribution < 1.29 is 4.79 Å². The maximum Gasteiger partial charge on any atom is 0.124 e. The molecule has 1 aliphatic carbocycles. The molecule has 0 radical (unpaired) electrons. The highest BCUT2D eigenvalue weighted by molar-refractivity contribution is 5.56. The smallest absolute Gasteiger partial charge is 0.124 e. The predicted octanol–water partition coefficient (Wildman–Crippen LogP) is 2.49. The zero-order valence-electron chi connectivity index (χ0n) is 7.13. The van der Waals surface area contributed by atoms with E-state index in [9.17, 15) is 4.79 Å². The van der Waals surface area contributed by atoms with Gasteiger partial charge in [0.05, 0.1) is 0 Å². The molecule has 0 bridgehead atoms. The topological polar surface area (TPSA) is 17.1 Å². The van der Waals surface area contributed by atoms with E-state index in [1.807, 2.05) is 0 Å². The van der Waals surface area contributed by atoms with Crippen molar-refractivity contribution in [2.75, 3.05) is 0 Å². The summed E-state index contributed by atoms with van der Waals surface area (Å²) in [6.45, 7) is 4.30. The number of rotatable bonds is 2. The molecular weight excluding hydrogens is 136 g/mol. The third kappa shape index (κ3) is 2.34. The van der Waals surface area contributed by atoms with Crippen LogP contribution in [-0.2, 0) is 4.79 Å². The fourth-order valence-corrected chi connectivity index (χ4v) is 1.58. The molecule has 0 saturated heterocycles. The first-order chi connectivity index (χ1) is 5.22. The Bertz CT molecular complexity index is 211. The molecule has 60 valence electrons. The molecule has 0 saturated carbocycles. The average molecular weight is 150 g/mol. The second-order valence-electron chi connectivity index (χ2n) is 3.28. The van der Waals surface area contributed by atoms with E-state index in [-0.39, 0.29) is 0 Å². The molecule has 11 heavy (non-hydrogen) atoms. The van der Waals surface area contributed by atoms with Crippen LogP contribution in [0.3, 0.4) is 0 Å². The third-order valence-corrected chi connectivity index (χ3v) is 1.89. The van der Waals surface area contributed by atoms with Gasteiger partial charge in [0.2, 0.25) is 0 Å². The van der Waals surface area contributed by atoms with Crippen LogP contribution in [0.15, 0.2) is 23.3 Å². The molecule has 0 aromatic carbocycles. The number of carbonyl (C=O) groups is 1. The van der Waals surface area contributed by atoms with Crippen LogP contribution < -0.4 is 0 Å². The van der Waals surface area contributed by atoms with E-state index in [1.165, 1.54) is 11.1 Å². The highest BCUT2D eigenvalue weighted by Gasteiger charge is 2.07. The molecule has 1 nitrogen and oxygen atoms in total. The molecule has 0 aliphatic heterocycles. The summed E-state index contributed by atoms with van der Waals surface area (Å²) in [5.74, 6) is 0.606. The Balaban J connectivity index is 2.69. The van der Waals surface area contributed by atoms with Crippen molar-refractivity contribution >= 4 is 6.29 Å². The van der Waals surface area contributed by atoms with E-state index in [1.54, 1.807) is 0 Å². The minimum absolute atomic E-state index is 0.571. The fraction of sp³-hybridized carbons (Fsp3) is 0.500. The van der Waals surface area contributed by atoms with Crippen LogP contribution in [-0.4, -0.2) is 6.29 Å². The lowest BCUT2D eigenvalue weighted by atomic mass is 9.91. The minimum atomic E-state index is 0.571. The van der Waals surface area contributed by atoms with Gasteiger partial charge in [-0.3, -0.25) is 0 Å². The van der Waals surface area contributed by atoms with Gasteiger partial charge in [-0.2, -0.15) is 0 Å². The molecule has 0 amide bonds. The number of hydrogen-bond donors (Lipinski definition) is 0. The molecule has 0 aromatic rings. The molecule has 0 spiro atoms. The monoisotopic (exact) mass is 150 g/mol. The molecular formula is C10H14O. The summed E-state index contributed by atoms with van der Waals surface area (Å²) in [6, 6.07) is 0. The van der Waals surface area contributed by atoms with Crippen LogP contribution >= 0.6 is 0 Å². The summed E-state index contributed by atoms with van der Waals surface area (Å²) < 4.78 is 0. The van der Waals surface area contributed by atoms with E-state index >= 15 is 0 Å². The van der Waals surface area contributed by atoms with Gasteiger partial charge in [-0.15, -0.1) is 0 Å². The summed E-state index contributed by atoms with van der Waals surface area (Å²) in [6.07, 6.45) is 6.98. The first kappa shape index (κ1) is 8.25. The fourth-order valence-electron chi connectivity index (χ4n) is 1.58. The van der Waals surface area contributed by atoms with Gasteiger partial charge in [0.25, 0.3) is 0 Å². The third-order valence-electron chi connectivity index (χ3n) is 1.89. The van der Waals surface area contributed by atoms with Gasteiger partial charge < -0.3 is 4.79 Å². The van der Waals surface area contributed by atoms with Crippen LogP contribution in [0.25, 0.3) is 0 Å². The molecule has 0 heterocycles. The lowest BCUT2D eigenvalue weighted by molar-refractivity contribution is -0.107. The van der Waals surface area contributed by atoms with Gasteiger partial charge in [-0.25, -0.2) is 0 Å². The van der Waals surface area contributed by atoms with E-state index in [0.717, 1.165) is 12.7 Å². The number of carbonyl (C=O) groups excluding carboxylic acids is 1. The maximum absolute atomic E-state index is 10.2. The zero-order valence-corrected chi connectivity index (χ0v) is 7.13. The van der Waals surface area contributed by atoms with E-state index in [2.05, 4.69) is 26.0 Å². The van der Waals surface area contributed by atoms with Crippen molar-refractivity contribution in [2.45, 2.75) is 26.7 Å². The van der Waals surface area contributed by atoms with Crippen LogP contribution in [0.5, 0.6) is 0 Å². The van der Waals surface area contributed by atoms with Gasteiger partial charge in [0.15, 0.2) is 0 Å². The Morgan fingerprint density at radius 2 is 2.45 bits per heavy atom. The number of allylic oxidation sites excluding steroid dienone is 4. The lowest BCUT2D eigenvalue weighted by Crippen LogP contribution is -1.99. The summed E-state index contributed by atoms with van der Waals surface area (Å²) in [5.41, 5.74) is 2.56. The van der Waals surface area contributed by atoms with Crippen LogP contribution in [0.2, 0.25) is 0 Å². The van der Waals surface area contributed by atoms with E-state index in [0.29, 0.717) is 12.3 Å². The molecule has 0 N–H and O–H groups in total. The highest BCUT2D eigenvalue weighted by atomic mass is 16.1. The molecule has 1 rings (SSSR count). The Labute approximate surface area is 67.8 Å². The van der Waals surface area contributed by atoms with Crippen molar-refractivity contribution in [3.8, 4) is 0 Å². The summed E-state index contributed by atoms with van der Waals surface area (Å²) >= 11 is 0. The predicted molar refractivity (Wildman–Crippen MR) is 46.3 cm³/mol. The molecule has 0 aromatic heterocycles. The number of aldehydes is 1. The van der Waals surface area contributed by atoms with Crippen LogP contribution in [0, 0.1) is 5.92 Å². The van der Waals surface area contributed by atoms with Gasteiger partial charge in [-0.05, 0) is 24.8 Å². The van der Waals surface area contributed by atoms with Gasteiger partial charge >= 0.3 is 0 Å². The summed E-state index contributed by atoms with van der Waals surface area (Å²) in [7, 11) is 0. The van der Waals surface area contributed by atoms with Crippen molar-refractivity contribution in [1.82, 2.24) is 0 Å². The molecule has 1 atom stereocenters. The standard InChI is InChI=1S/C10H14O/c1-8-5-9(2)7-10(6-8)3-4-11/h4,6-8H,3,5H2,1-2H3. The Kier molecular flexibility index (Phi) is 2.64. The molecule has 1 aliphatic rings. The lowest BCUT2D eigenvalue weighted by Gasteiger charge is -2.14. The van der Waals surface area contributed by atoms with Crippen molar-refractivity contribution in [3.63, 3.8) is 0 Å². The SMILES string of the molecule is CC1=CC(CC=O)=CC(C)C1. The van der Waals surface area contributed by atoms with E-state index in [4.69, 9.17) is 0 Å². The Morgan fingerprint density at radius 3 is 3.00 bits per heavy atom. The summed E-state index contributed by atoms with van der Waals surface area (Å²) in [5, 5.41) is 0. The molecule has 1 unspecified atom stereocenters. The Hall–Kier alpha value is -0.850. The van der Waals surface area contributed by atoms with Crippen molar-refractivity contribution in [2.24, 2.45) is 5.92 Å². The van der Waals surface area contributed by atoms with Crippen molar-refractivity contribution in [1.29, 1.82) is 0 Å². The normalized spacial score (nSPS) is 24.0. The second-order valence-corrected chi connectivity index (χ2v) is 3.28. The zero-order chi connectivity index (χ0) is 8.27. The Morgan fingerprint density at radius 1 is 1.73 bits per heavy atom. The minimum Gasteiger partial charge on any atom is -0.303 e. The maximum atomic E-state index is 10.2. The quantitative estimate of drug-likeness (QED) is 0.553. The largest absolute Gasteiger partial charge is 0.303 e. The average Bonchev–Trinajstić information content (AvgIpc) is 1.85. The van der Waals surface area contributed by atoms with Gasteiger partial charge in [0, 0.05) is 6.42 Å². The second kappa shape index (κ2) is 3.51. The molecule has 0 fully saturated rings. The van der Waals surface area contributed by atoms with E-state index < -0.39 is 0 Å².